The number of ketones is 1. The van der Waals surface area contributed by atoms with E-state index in [0.29, 0.717) is 29.0 Å². The van der Waals surface area contributed by atoms with Gasteiger partial charge in [0, 0.05) is 11.6 Å². The Hall–Kier alpha value is -3.71. The smallest absolute Gasteiger partial charge is 0.300 e. The van der Waals surface area contributed by atoms with E-state index < -0.39 is 35.1 Å². The van der Waals surface area contributed by atoms with Gasteiger partial charge in [0.05, 0.1) is 28.9 Å². The molecule has 5 nitrogen and oxygen atoms in total. The molecule has 0 saturated carbocycles. The summed E-state index contributed by atoms with van der Waals surface area (Å²) in [5.74, 6) is -4.05. The first-order chi connectivity index (χ1) is 16.2. The summed E-state index contributed by atoms with van der Waals surface area (Å²) in [5, 5.41) is 11.5. The van der Waals surface area contributed by atoms with Gasteiger partial charge < -0.3 is 9.84 Å². The summed E-state index contributed by atoms with van der Waals surface area (Å²) >= 11 is 6.14. The molecule has 1 amide bonds. The number of ether oxygens (including phenoxy) is 1. The second kappa shape index (κ2) is 9.27. The lowest BCUT2D eigenvalue weighted by atomic mass is 9.94. The standard InChI is InChI=1S/C26H20ClF2NO4/c1-3-34-21-12-16(7-9-18(21)27)24(31)22-23(15-6-4-5-14(2)11-15)30(26(33)25(22)32)20-10-8-17(28)13-19(20)29/h4-13,23,31H,3H2,1-2H3/b24-22+. The van der Waals surface area contributed by atoms with Gasteiger partial charge in [0.25, 0.3) is 11.7 Å². The third-order valence-corrected chi connectivity index (χ3v) is 5.79. The lowest BCUT2D eigenvalue weighted by Gasteiger charge is -2.26. The van der Waals surface area contributed by atoms with Crippen molar-refractivity contribution in [1.29, 1.82) is 0 Å². The predicted molar refractivity (Wildman–Crippen MR) is 125 cm³/mol. The number of rotatable bonds is 5. The molecule has 1 N–H and O–H groups in total. The topological polar surface area (TPSA) is 66.8 Å². The van der Waals surface area contributed by atoms with E-state index in [1.165, 1.54) is 18.2 Å². The van der Waals surface area contributed by atoms with Gasteiger partial charge in [-0.2, -0.15) is 0 Å². The van der Waals surface area contributed by atoms with Crippen LogP contribution in [0.5, 0.6) is 5.75 Å². The highest BCUT2D eigenvalue weighted by Crippen LogP contribution is 2.43. The maximum Gasteiger partial charge on any atom is 0.300 e. The number of aliphatic hydroxyl groups excluding tert-OH is 1. The zero-order valence-electron chi connectivity index (χ0n) is 18.3. The summed E-state index contributed by atoms with van der Waals surface area (Å²) in [5.41, 5.74) is 0.989. The highest BCUT2D eigenvalue weighted by Gasteiger charge is 2.47. The van der Waals surface area contributed by atoms with Gasteiger partial charge >= 0.3 is 0 Å². The van der Waals surface area contributed by atoms with Crippen LogP contribution in [0.2, 0.25) is 5.02 Å². The molecule has 174 valence electrons. The molecule has 0 aromatic heterocycles. The van der Waals surface area contributed by atoms with Crippen molar-refractivity contribution in [2.24, 2.45) is 0 Å². The first kappa shape index (κ1) is 23.4. The van der Waals surface area contributed by atoms with Gasteiger partial charge in [-0.25, -0.2) is 8.78 Å². The second-order valence-corrected chi connectivity index (χ2v) is 8.16. The molecule has 8 heteroatoms. The summed E-state index contributed by atoms with van der Waals surface area (Å²) in [4.78, 5) is 27.2. The SMILES string of the molecule is CCOc1cc(/C(O)=C2\C(=O)C(=O)N(c3ccc(F)cc3F)C2c2cccc(C)c2)ccc1Cl. The van der Waals surface area contributed by atoms with Crippen LogP contribution in [0.1, 0.15) is 29.7 Å². The first-order valence-corrected chi connectivity index (χ1v) is 10.9. The van der Waals surface area contributed by atoms with Crippen LogP contribution in [-0.2, 0) is 9.59 Å². The number of nitrogens with zero attached hydrogens (tertiary/aromatic N) is 1. The van der Waals surface area contributed by atoms with Gasteiger partial charge in [0.2, 0.25) is 0 Å². The molecule has 1 unspecified atom stereocenters. The summed E-state index contributed by atoms with van der Waals surface area (Å²) in [6, 6.07) is 13.0. The van der Waals surface area contributed by atoms with E-state index in [1.807, 2.05) is 13.0 Å². The maximum absolute atomic E-state index is 14.7. The number of hydrogen-bond acceptors (Lipinski definition) is 4. The average Bonchev–Trinajstić information content (AvgIpc) is 3.05. The van der Waals surface area contributed by atoms with E-state index in [0.717, 1.165) is 22.6 Å². The van der Waals surface area contributed by atoms with Crippen molar-refractivity contribution in [1.82, 2.24) is 0 Å². The fourth-order valence-corrected chi connectivity index (χ4v) is 4.16. The molecular formula is C26H20ClF2NO4. The van der Waals surface area contributed by atoms with Gasteiger partial charge in [0.1, 0.15) is 23.1 Å². The summed E-state index contributed by atoms with van der Waals surface area (Å²) in [6.45, 7) is 3.91. The second-order valence-electron chi connectivity index (χ2n) is 7.76. The zero-order valence-corrected chi connectivity index (χ0v) is 19.1. The Morgan fingerprint density at radius 2 is 1.85 bits per heavy atom. The Labute approximate surface area is 199 Å². The fourth-order valence-electron chi connectivity index (χ4n) is 3.99. The first-order valence-electron chi connectivity index (χ1n) is 10.5. The van der Waals surface area contributed by atoms with Crippen molar-refractivity contribution < 1.29 is 28.2 Å². The Morgan fingerprint density at radius 1 is 1.09 bits per heavy atom. The summed E-state index contributed by atoms with van der Waals surface area (Å²) in [6.07, 6.45) is 0. The van der Waals surface area contributed by atoms with Crippen LogP contribution >= 0.6 is 11.6 Å². The minimum atomic E-state index is -1.15. The molecule has 34 heavy (non-hydrogen) atoms. The van der Waals surface area contributed by atoms with E-state index in [1.54, 1.807) is 25.1 Å². The van der Waals surface area contributed by atoms with Crippen LogP contribution < -0.4 is 9.64 Å². The number of carbonyl (C=O) groups is 2. The van der Waals surface area contributed by atoms with Crippen molar-refractivity contribution in [3.63, 3.8) is 0 Å². The average molecular weight is 484 g/mol. The molecule has 1 fully saturated rings. The highest BCUT2D eigenvalue weighted by atomic mass is 35.5. The van der Waals surface area contributed by atoms with Gasteiger partial charge in [-0.05, 0) is 49.7 Å². The molecule has 0 aliphatic carbocycles. The van der Waals surface area contributed by atoms with Crippen molar-refractivity contribution in [3.8, 4) is 5.75 Å². The normalized spacial score (nSPS) is 17.3. The zero-order chi connectivity index (χ0) is 24.6. The molecule has 1 heterocycles. The molecule has 0 bridgehead atoms. The Morgan fingerprint density at radius 3 is 2.53 bits per heavy atom. The molecule has 1 aliphatic heterocycles. The lowest BCUT2D eigenvalue weighted by Crippen LogP contribution is -2.30. The minimum Gasteiger partial charge on any atom is -0.507 e. The van der Waals surface area contributed by atoms with E-state index >= 15 is 0 Å². The molecule has 4 rings (SSSR count). The molecule has 0 radical (unpaired) electrons. The Kier molecular flexibility index (Phi) is 6.39. The largest absolute Gasteiger partial charge is 0.507 e. The van der Waals surface area contributed by atoms with Crippen molar-refractivity contribution in [2.75, 3.05) is 11.5 Å². The maximum atomic E-state index is 14.7. The molecule has 0 spiro atoms. The van der Waals surface area contributed by atoms with Crippen LogP contribution in [0.4, 0.5) is 14.5 Å². The number of anilines is 1. The van der Waals surface area contributed by atoms with Gasteiger partial charge in [-0.1, -0.05) is 41.4 Å². The van der Waals surface area contributed by atoms with Crippen LogP contribution in [0.3, 0.4) is 0 Å². The number of amides is 1. The third kappa shape index (κ3) is 4.15. The van der Waals surface area contributed by atoms with Gasteiger partial charge in [0.15, 0.2) is 0 Å². The Balaban J connectivity index is 1.96. The van der Waals surface area contributed by atoms with Gasteiger partial charge in [-0.15, -0.1) is 0 Å². The monoisotopic (exact) mass is 483 g/mol. The number of Topliss-reactive ketones (excluding diaryl/α,β-unsaturated/α-hetero) is 1. The number of carbonyl (C=O) groups excluding carboxylic acids is 2. The minimum absolute atomic E-state index is 0.197. The van der Waals surface area contributed by atoms with Crippen molar-refractivity contribution >= 4 is 34.7 Å². The van der Waals surface area contributed by atoms with E-state index in [2.05, 4.69) is 0 Å². The van der Waals surface area contributed by atoms with Crippen LogP contribution in [0, 0.1) is 18.6 Å². The molecule has 1 saturated heterocycles. The highest BCUT2D eigenvalue weighted by molar-refractivity contribution is 6.51. The molecule has 1 aliphatic rings. The number of aliphatic hydroxyl groups is 1. The fraction of sp³-hybridized carbons (Fsp3) is 0.154. The van der Waals surface area contributed by atoms with E-state index in [9.17, 15) is 23.5 Å². The molecule has 3 aromatic rings. The van der Waals surface area contributed by atoms with Crippen molar-refractivity contribution in [2.45, 2.75) is 19.9 Å². The number of benzene rings is 3. The third-order valence-electron chi connectivity index (χ3n) is 5.48. The number of halogens is 3. The Bertz CT molecular complexity index is 1340. The molecule has 1 atom stereocenters. The van der Waals surface area contributed by atoms with Crippen molar-refractivity contribution in [3.05, 3.63) is 99.6 Å². The number of hydrogen-bond donors (Lipinski definition) is 1. The van der Waals surface area contributed by atoms with E-state index in [4.69, 9.17) is 16.3 Å². The summed E-state index contributed by atoms with van der Waals surface area (Å²) < 4.78 is 33.8. The lowest BCUT2D eigenvalue weighted by molar-refractivity contribution is -0.132. The van der Waals surface area contributed by atoms with Gasteiger partial charge in [-0.3, -0.25) is 14.5 Å². The van der Waals surface area contributed by atoms with E-state index in [-0.39, 0.29) is 16.8 Å². The summed E-state index contributed by atoms with van der Waals surface area (Å²) in [7, 11) is 0. The predicted octanol–water partition coefficient (Wildman–Crippen LogP) is 5.95. The van der Waals surface area contributed by atoms with Crippen LogP contribution in [-0.4, -0.2) is 23.4 Å². The van der Waals surface area contributed by atoms with Crippen LogP contribution in [0.25, 0.3) is 5.76 Å². The quantitative estimate of drug-likeness (QED) is 0.276. The molecule has 3 aromatic carbocycles. The van der Waals surface area contributed by atoms with Crippen LogP contribution in [0.15, 0.2) is 66.2 Å². The molecular weight excluding hydrogens is 464 g/mol. The number of aryl methyl sites for hydroxylation is 1.